The van der Waals surface area contributed by atoms with E-state index in [9.17, 15) is 9.59 Å². The Morgan fingerprint density at radius 2 is 1.85 bits per heavy atom. The summed E-state index contributed by atoms with van der Waals surface area (Å²) in [6.45, 7) is 2.99. The number of amides is 2. The second-order valence-electron chi connectivity index (χ2n) is 5.83. The first-order valence-corrected chi connectivity index (χ1v) is 10.4. The number of benzene rings is 1. The first-order chi connectivity index (χ1) is 12.7. The molecule has 2 heterocycles. The van der Waals surface area contributed by atoms with Crippen LogP contribution in [0.4, 0.5) is 10.8 Å². The van der Waals surface area contributed by atoms with Crippen LogP contribution in [0, 0.1) is 0 Å². The summed E-state index contributed by atoms with van der Waals surface area (Å²) in [5, 5.41) is 11.0. The standard InChI is InChI=1S/C17H21N5O2S2/c1-25-17-20-19-16(26-17)18-14(23)7-8-15(24)22-11-9-21(10-12-22)13-5-3-2-4-6-13/h2-6H,7-12H2,1H3,(H,18,19,23). The first-order valence-electron chi connectivity index (χ1n) is 8.41. The summed E-state index contributed by atoms with van der Waals surface area (Å²) >= 11 is 2.81. The zero-order valence-electron chi connectivity index (χ0n) is 14.6. The topological polar surface area (TPSA) is 78.4 Å². The van der Waals surface area contributed by atoms with Crippen LogP contribution in [0.25, 0.3) is 0 Å². The Labute approximate surface area is 160 Å². The van der Waals surface area contributed by atoms with Gasteiger partial charge in [-0.1, -0.05) is 41.3 Å². The molecule has 0 saturated carbocycles. The molecule has 1 fully saturated rings. The van der Waals surface area contributed by atoms with Gasteiger partial charge < -0.3 is 15.1 Å². The van der Waals surface area contributed by atoms with Gasteiger partial charge in [0.2, 0.25) is 16.9 Å². The fraction of sp³-hybridized carbons (Fsp3) is 0.412. The molecule has 26 heavy (non-hydrogen) atoms. The van der Waals surface area contributed by atoms with Gasteiger partial charge in [-0.05, 0) is 18.4 Å². The van der Waals surface area contributed by atoms with Crippen molar-refractivity contribution >= 4 is 45.7 Å². The molecule has 1 aliphatic rings. The maximum atomic E-state index is 12.3. The monoisotopic (exact) mass is 391 g/mol. The minimum Gasteiger partial charge on any atom is -0.368 e. The number of piperazine rings is 1. The van der Waals surface area contributed by atoms with Gasteiger partial charge in [-0.3, -0.25) is 9.59 Å². The summed E-state index contributed by atoms with van der Waals surface area (Å²) < 4.78 is 0.799. The van der Waals surface area contributed by atoms with E-state index in [1.54, 1.807) is 0 Å². The van der Waals surface area contributed by atoms with Crippen LogP contribution >= 0.6 is 23.1 Å². The lowest BCUT2D eigenvalue weighted by atomic mass is 10.2. The van der Waals surface area contributed by atoms with E-state index >= 15 is 0 Å². The van der Waals surface area contributed by atoms with Crippen molar-refractivity contribution in [2.75, 3.05) is 42.7 Å². The minimum atomic E-state index is -0.204. The molecular formula is C17H21N5O2S2. The molecule has 138 valence electrons. The molecule has 3 rings (SSSR count). The fourth-order valence-electron chi connectivity index (χ4n) is 2.76. The Balaban J connectivity index is 1.40. The highest BCUT2D eigenvalue weighted by Crippen LogP contribution is 2.23. The van der Waals surface area contributed by atoms with Crippen molar-refractivity contribution in [3.8, 4) is 0 Å². The van der Waals surface area contributed by atoms with Crippen molar-refractivity contribution in [3.63, 3.8) is 0 Å². The number of aromatic nitrogens is 2. The van der Waals surface area contributed by atoms with Gasteiger partial charge in [0.15, 0.2) is 4.34 Å². The van der Waals surface area contributed by atoms with E-state index in [1.807, 2.05) is 29.4 Å². The zero-order valence-corrected chi connectivity index (χ0v) is 16.2. The fourth-order valence-corrected chi connectivity index (χ4v) is 3.94. The maximum Gasteiger partial charge on any atom is 0.226 e. The van der Waals surface area contributed by atoms with Gasteiger partial charge in [0.25, 0.3) is 0 Å². The lowest BCUT2D eigenvalue weighted by Gasteiger charge is -2.36. The lowest BCUT2D eigenvalue weighted by Crippen LogP contribution is -2.48. The van der Waals surface area contributed by atoms with Crippen LogP contribution in [0.15, 0.2) is 34.7 Å². The zero-order chi connectivity index (χ0) is 18.4. The SMILES string of the molecule is CSc1nnc(NC(=O)CCC(=O)N2CCN(c3ccccc3)CC2)s1. The van der Waals surface area contributed by atoms with Crippen LogP contribution < -0.4 is 10.2 Å². The van der Waals surface area contributed by atoms with Crippen LogP contribution in [-0.2, 0) is 9.59 Å². The number of carbonyl (C=O) groups is 2. The molecule has 0 spiro atoms. The first kappa shape index (κ1) is 18.7. The lowest BCUT2D eigenvalue weighted by molar-refractivity contribution is -0.133. The molecule has 1 aromatic heterocycles. The van der Waals surface area contributed by atoms with Crippen LogP contribution in [0.3, 0.4) is 0 Å². The second kappa shape index (κ2) is 9.00. The molecule has 2 aromatic rings. The Morgan fingerprint density at radius 3 is 2.50 bits per heavy atom. The summed E-state index contributed by atoms with van der Waals surface area (Å²) in [6, 6.07) is 10.2. The molecule has 2 amide bonds. The highest BCUT2D eigenvalue weighted by molar-refractivity contribution is 8.00. The van der Waals surface area contributed by atoms with Gasteiger partial charge in [0.1, 0.15) is 0 Å². The number of hydrogen-bond acceptors (Lipinski definition) is 7. The summed E-state index contributed by atoms with van der Waals surface area (Å²) in [5.74, 6) is -0.181. The Morgan fingerprint density at radius 1 is 1.12 bits per heavy atom. The normalized spacial score (nSPS) is 14.3. The van der Waals surface area contributed by atoms with E-state index in [4.69, 9.17) is 0 Å². The van der Waals surface area contributed by atoms with Crippen molar-refractivity contribution in [1.82, 2.24) is 15.1 Å². The Kier molecular flexibility index (Phi) is 6.45. The third-order valence-electron chi connectivity index (χ3n) is 4.15. The summed E-state index contributed by atoms with van der Waals surface area (Å²) in [4.78, 5) is 28.4. The Hall–Kier alpha value is -2.13. The van der Waals surface area contributed by atoms with Gasteiger partial charge in [0.05, 0.1) is 0 Å². The number of carbonyl (C=O) groups excluding carboxylic acids is 2. The molecule has 1 aromatic carbocycles. The average molecular weight is 392 g/mol. The van der Waals surface area contributed by atoms with Crippen LogP contribution in [0.5, 0.6) is 0 Å². The molecule has 0 bridgehead atoms. The number of nitrogens with one attached hydrogen (secondary N) is 1. The van der Waals surface area contributed by atoms with Crippen molar-refractivity contribution < 1.29 is 9.59 Å². The average Bonchev–Trinajstić information content (AvgIpc) is 3.14. The predicted molar refractivity (Wildman–Crippen MR) is 105 cm³/mol. The van der Waals surface area contributed by atoms with Crippen LogP contribution in [-0.4, -0.2) is 59.3 Å². The third-order valence-corrected chi connectivity index (χ3v) is 5.96. The highest BCUT2D eigenvalue weighted by Gasteiger charge is 2.21. The number of hydrogen-bond donors (Lipinski definition) is 1. The molecule has 0 unspecified atom stereocenters. The smallest absolute Gasteiger partial charge is 0.226 e. The molecule has 0 atom stereocenters. The quantitative estimate of drug-likeness (QED) is 0.601. The maximum absolute atomic E-state index is 12.3. The van der Waals surface area contributed by atoms with Crippen molar-refractivity contribution in [3.05, 3.63) is 30.3 Å². The number of nitrogens with zero attached hydrogens (tertiary/aromatic N) is 4. The number of thioether (sulfide) groups is 1. The molecule has 0 aliphatic carbocycles. The van der Waals surface area contributed by atoms with E-state index in [2.05, 4.69) is 32.5 Å². The van der Waals surface area contributed by atoms with Crippen molar-refractivity contribution in [2.24, 2.45) is 0 Å². The number of para-hydroxylation sites is 1. The van der Waals surface area contributed by atoms with Gasteiger partial charge in [-0.15, -0.1) is 10.2 Å². The van der Waals surface area contributed by atoms with E-state index in [0.717, 1.165) is 17.4 Å². The molecule has 1 saturated heterocycles. The number of rotatable bonds is 6. The molecule has 9 heteroatoms. The van der Waals surface area contributed by atoms with Crippen LogP contribution in [0.2, 0.25) is 0 Å². The molecule has 1 aliphatic heterocycles. The van der Waals surface area contributed by atoms with Gasteiger partial charge in [-0.25, -0.2) is 0 Å². The summed E-state index contributed by atoms with van der Waals surface area (Å²) in [5.41, 5.74) is 1.18. The van der Waals surface area contributed by atoms with Crippen LogP contribution in [0.1, 0.15) is 12.8 Å². The van der Waals surface area contributed by atoms with E-state index in [0.29, 0.717) is 18.2 Å². The van der Waals surface area contributed by atoms with E-state index in [1.165, 1.54) is 28.8 Å². The van der Waals surface area contributed by atoms with Crippen molar-refractivity contribution in [2.45, 2.75) is 17.2 Å². The largest absolute Gasteiger partial charge is 0.368 e. The molecular weight excluding hydrogens is 370 g/mol. The minimum absolute atomic E-state index is 0.0231. The highest BCUT2D eigenvalue weighted by atomic mass is 32.2. The second-order valence-corrected chi connectivity index (χ2v) is 7.86. The predicted octanol–water partition coefficient (Wildman–Crippen LogP) is 2.33. The summed E-state index contributed by atoms with van der Waals surface area (Å²) in [6.07, 6.45) is 2.28. The van der Waals surface area contributed by atoms with Crippen molar-refractivity contribution in [1.29, 1.82) is 0 Å². The van der Waals surface area contributed by atoms with E-state index in [-0.39, 0.29) is 24.7 Å². The molecule has 0 radical (unpaired) electrons. The van der Waals surface area contributed by atoms with Gasteiger partial charge in [-0.2, -0.15) is 0 Å². The summed E-state index contributed by atoms with van der Waals surface area (Å²) in [7, 11) is 0. The van der Waals surface area contributed by atoms with Gasteiger partial charge in [0, 0.05) is 44.7 Å². The number of anilines is 2. The molecule has 7 nitrogen and oxygen atoms in total. The van der Waals surface area contributed by atoms with Gasteiger partial charge >= 0.3 is 0 Å². The third kappa shape index (κ3) is 4.95. The Bertz CT molecular complexity index is 745. The van der Waals surface area contributed by atoms with E-state index < -0.39 is 0 Å². The molecule has 1 N–H and O–H groups in total.